The topological polar surface area (TPSA) is 38.5 Å². The minimum absolute atomic E-state index is 0.583. The highest BCUT2D eigenvalue weighted by atomic mass is 16.5. The SMILES string of the molecule is CN(C)c1cccc(OCc2ccc(CCN)cc2)c1. The Morgan fingerprint density at radius 2 is 1.70 bits per heavy atom. The lowest BCUT2D eigenvalue weighted by Gasteiger charge is -2.14. The fraction of sp³-hybridized carbons (Fsp3) is 0.294. The van der Waals surface area contributed by atoms with Crippen molar-refractivity contribution in [2.24, 2.45) is 5.73 Å². The average molecular weight is 270 g/mol. The van der Waals surface area contributed by atoms with Crippen molar-refractivity contribution in [2.75, 3.05) is 25.5 Å². The molecule has 0 aliphatic rings. The molecule has 20 heavy (non-hydrogen) atoms. The van der Waals surface area contributed by atoms with Gasteiger partial charge in [0, 0.05) is 25.8 Å². The minimum atomic E-state index is 0.583. The molecule has 0 radical (unpaired) electrons. The minimum Gasteiger partial charge on any atom is -0.489 e. The van der Waals surface area contributed by atoms with Crippen molar-refractivity contribution >= 4 is 5.69 Å². The van der Waals surface area contributed by atoms with E-state index in [1.165, 1.54) is 11.1 Å². The molecule has 106 valence electrons. The molecule has 2 aromatic carbocycles. The van der Waals surface area contributed by atoms with E-state index in [2.05, 4.69) is 35.2 Å². The van der Waals surface area contributed by atoms with Crippen LogP contribution in [0.4, 0.5) is 5.69 Å². The highest BCUT2D eigenvalue weighted by Gasteiger charge is 2.00. The highest BCUT2D eigenvalue weighted by Crippen LogP contribution is 2.20. The van der Waals surface area contributed by atoms with Crippen LogP contribution in [0.2, 0.25) is 0 Å². The standard InChI is InChI=1S/C17H22N2O/c1-19(2)16-4-3-5-17(12-16)20-13-15-8-6-14(7-9-15)10-11-18/h3-9,12H,10-11,13,18H2,1-2H3. The van der Waals surface area contributed by atoms with Gasteiger partial charge < -0.3 is 15.4 Å². The molecular formula is C17H22N2O. The number of nitrogens with zero attached hydrogens (tertiary/aromatic N) is 1. The molecule has 0 bridgehead atoms. The Bertz CT molecular complexity index is 535. The van der Waals surface area contributed by atoms with Gasteiger partial charge in [-0.05, 0) is 36.2 Å². The van der Waals surface area contributed by atoms with Gasteiger partial charge in [0.15, 0.2) is 0 Å². The zero-order chi connectivity index (χ0) is 14.4. The highest BCUT2D eigenvalue weighted by molar-refractivity contribution is 5.49. The lowest BCUT2D eigenvalue weighted by atomic mass is 10.1. The molecule has 3 nitrogen and oxygen atoms in total. The summed E-state index contributed by atoms with van der Waals surface area (Å²) < 4.78 is 5.83. The van der Waals surface area contributed by atoms with Crippen molar-refractivity contribution < 1.29 is 4.74 Å². The second-order valence-electron chi connectivity index (χ2n) is 5.04. The predicted octanol–water partition coefficient (Wildman–Crippen LogP) is 2.83. The van der Waals surface area contributed by atoms with Gasteiger partial charge in [-0.1, -0.05) is 30.3 Å². The van der Waals surface area contributed by atoms with Gasteiger partial charge >= 0.3 is 0 Å². The number of hydrogen-bond acceptors (Lipinski definition) is 3. The van der Waals surface area contributed by atoms with Crippen LogP contribution in [-0.2, 0) is 13.0 Å². The number of rotatable bonds is 6. The first-order valence-corrected chi connectivity index (χ1v) is 6.87. The summed E-state index contributed by atoms with van der Waals surface area (Å²) in [5.41, 5.74) is 9.12. The number of anilines is 1. The van der Waals surface area contributed by atoms with E-state index in [1.807, 2.05) is 32.3 Å². The third kappa shape index (κ3) is 4.00. The summed E-state index contributed by atoms with van der Waals surface area (Å²) >= 11 is 0. The van der Waals surface area contributed by atoms with E-state index >= 15 is 0 Å². The Hall–Kier alpha value is -2.00. The number of benzene rings is 2. The van der Waals surface area contributed by atoms with Crippen molar-refractivity contribution in [3.63, 3.8) is 0 Å². The Morgan fingerprint density at radius 3 is 2.35 bits per heavy atom. The first-order chi connectivity index (χ1) is 9.69. The fourth-order valence-electron chi connectivity index (χ4n) is 1.99. The normalized spacial score (nSPS) is 10.3. The average Bonchev–Trinajstić information content (AvgIpc) is 2.47. The Labute approximate surface area is 121 Å². The van der Waals surface area contributed by atoms with E-state index in [0.29, 0.717) is 13.2 Å². The zero-order valence-electron chi connectivity index (χ0n) is 12.2. The second-order valence-corrected chi connectivity index (χ2v) is 5.04. The second kappa shape index (κ2) is 6.96. The van der Waals surface area contributed by atoms with Gasteiger partial charge in [0.2, 0.25) is 0 Å². The Morgan fingerprint density at radius 1 is 1.00 bits per heavy atom. The molecule has 2 aromatic rings. The molecule has 0 aliphatic carbocycles. The van der Waals surface area contributed by atoms with E-state index in [1.54, 1.807) is 0 Å². The quantitative estimate of drug-likeness (QED) is 0.877. The van der Waals surface area contributed by atoms with Gasteiger partial charge in [0.25, 0.3) is 0 Å². The van der Waals surface area contributed by atoms with Crippen LogP contribution in [0.15, 0.2) is 48.5 Å². The number of nitrogens with two attached hydrogens (primary N) is 1. The first kappa shape index (κ1) is 14.4. The van der Waals surface area contributed by atoms with Crippen LogP contribution in [-0.4, -0.2) is 20.6 Å². The molecule has 0 saturated heterocycles. The van der Waals surface area contributed by atoms with Crippen LogP contribution in [0.5, 0.6) is 5.75 Å². The third-order valence-electron chi connectivity index (χ3n) is 3.20. The van der Waals surface area contributed by atoms with Gasteiger partial charge in [-0.15, -0.1) is 0 Å². The molecule has 2 N–H and O–H groups in total. The largest absolute Gasteiger partial charge is 0.489 e. The lowest BCUT2D eigenvalue weighted by molar-refractivity contribution is 0.306. The lowest BCUT2D eigenvalue weighted by Crippen LogP contribution is -2.08. The fourth-order valence-corrected chi connectivity index (χ4v) is 1.99. The molecule has 0 amide bonds. The van der Waals surface area contributed by atoms with E-state index < -0.39 is 0 Å². The van der Waals surface area contributed by atoms with Crippen LogP contribution in [0.1, 0.15) is 11.1 Å². The predicted molar refractivity (Wildman–Crippen MR) is 84.3 cm³/mol. The van der Waals surface area contributed by atoms with Crippen LogP contribution < -0.4 is 15.4 Å². The zero-order valence-corrected chi connectivity index (χ0v) is 12.2. The maximum atomic E-state index is 5.83. The van der Waals surface area contributed by atoms with Crippen molar-refractivity contribution in [1.82, 2.24) is 0 Å². The molecule has 0 saturated carbocycles. The molecule has 3 heteroatoms. The Balaban J connectivity index is 1.96. The van der Waals surface area contributed by atoms with Gasteiger partial charge in [-0.2, -0.15) is 0 Å². The monoisotopic (exact) mass is 270 g/mol. The molecule has 0 spiro atoms. The van der Waals surface area contributed by atoms with E-state index in [-0.39, 0.29) is 0 Å². The molecule has 2 rings (SSSR count). The van der Waals surface area contributed by atoms with Crippen LogP contribution >= 0.6 is 0 Å². The van der Waals surface area contributed by atoms with Crippen LogP contribution in [0.3, 0.4) is 0 Å². The molecule has 0 unspecified atom stereocenters. The van der Waals surface area contributed by atoms with Crippen molar-refractivity contribution in [1.29, 1.82) is 0 Å². The maximum Gasteiger partial charge on any atom is 0.121 e. The van der Waals surface area contributed by atoms with Crippen LogP contribution in [0.25, 0.3) is 0 Å². The molecule has 0 heterocycles. The van der Waals surface area contributed by atoms with Crippen molar-refractivity contribution in [2.45, 2.75) is 13.0 Å². The van der Waals surface area contributed by atoms with Crippen LogP contribution in [0, 0.1) is 0 Å². The molecular weight excluding hydrogens is 248 g/mol. The summed E-state index contributed by atoms with van der Waals surface area (Å²) in [7, 11) is 4.05. The third-order valence-corrected chi connectivity index (χ3v) is 3.20. The maximum absolute atomic E-state index is 5.83. The molecule has 0 aliphatic heterocycles. The van der Waals surface area contributed by atoms with E-state index in [4.69, 9.17) is 10.5 Å². The Kier molecular flexibility index (Phi) is 5.02. The smallest absolute Gasteiger partial charge is 0.121 e. The summed E-state index contributed by atoms with van der Waals surface area (Å²) in [5.74, 6) is 0.891. The first-order valence-electron chi connectivity index (χ1n) is 6.87. The summed E-state index contributed by atoms with van der Waals surface area (Å²) in [6.07, 6.45) is 0.923. The van der Waals surface area contributed by atoms with Crippen molar-refractivity contribution in [3.05, 3.63) is 59.7 Å². The molecule has 0 fully saturated rings. The summed E-state index contributed by atoms with van der Waals surface area (Å²) in [4.78, 5) is 2.06. The van der Waals surface area contributed by atoms with Gasteiger partial charge in [-0.25, -0.2) is 0 Å². The summed E-state index contributed by atoms with van der Waals surface area (Å²) in [5, 5.41) is 0. The number of ether oxygens (including phenoxy) is 1. The summed E-state index contributed by atoms with van der Waals surface area (Å²) in [6, 6.07) is 16.5. The van der Waals surface area contributed by atoms with E-state index in [9.17, 15) is 0 Å². The van der Waals surface area contributed by atoms with Crippen molar-refractivity contribution in [3.8, 4) is 5.75 Å². The molecule has 0 atom stereocenters. The summed E-state index contributed by atoms with van der Waals surface area (Å²) in [6.45, 7) is 1.27. The number of hydrogen-bond donors (Lipinski definition) is 1. The van der Waals surface area contributed by atoms with Gasteiger partial charge in [0.05, 0.1) is 0 Å². The molecule has 0 aromatic heterocycles. The van der Waals surface area contributed by atoms with E-state index in [0.717, 1.165) is 17.9 Å². The van der Waals surface area contributed by atoms with Gasteiger partial charge in [0.1, 0.15) is 12.4 Å². The van der Waals surface area contributed by atoms with Gasteiger partial charge in [-0.3, -0.25) is 0 Å².